The highest BCUT2D eigenvalue weighted by Gasteiger charge is 2.30. The molecule has 0 unspecified atom stereocenters. The molecule has 0 bridgehead atoms. The van der Waals surface area contributed by atoms with Gasteiger partial charge >= 0.3 is 0 Å². The SMILES string of the molecule is Cc1ccnc(-c2ccc3c4ccccc4n(-c4cc(C5=N[C@H](C6CCCC6)CO5)cc(-c5ccccc5)c4)c3c2)c1. The first-order valence-corrected chi connectivity index (χ1v) is 15.1. The van der Waals surface area contributed by atoms with Gasteiger partial charge in [0.1, 0.15) is 6.61 Å². The van der Waals surface area contributed by atoms with Crippen molar-refractivity contribution in [3.8, 4) is 28.1 Å². The van der Waals surface area contributed by atoms with Crippen molar-refractivity contribution in [2.75, 3.05) is 6.61 Å². The predicted octanol–water partition coefficient (Wildman–Crippen LogP) is 9.16. The Morgan fingerprint density at radius 1 is 0.690 bits per heavy atom. The fraction of sp³-hybridized carbons (Fsp3) is 0.211. The quantitative estimate of drug-likeness (QED) is 0.216. The summed E-state index contributed by atoms with van der Waals surface area (Å²) in [6.07, 6.45) is 7.04. The first-order chi connectivity index (χ1) is 20.7. The number of ether oxygens (including phenoxy) is 1. The van der Waals surface area contributed by atoms with Crippen molar-refractivity contribution in [1.82, 2.24) is 9.55 Å². The second-order valence-electron chi connectivity index (χ2n) is 11.8. The molecule has 4 aromatic carbocycles. The van der Waals surface area contributed by atoms with E-state index in [9.17, 15) is 0 Å². The van der Waals surface area contributed by atoms with Gasteiger partial charge in [0.2, 0.25) is 5.90 Å². The van der Waals surface area contributed by atoms with E-state index in [0.29, 0.717) is 12.5 Å². The number of hydrogen-bond acceptors (Lipinski definition) is 3. The van der Waals surface area contributed by atoms with Crippen LogP contribution in [0.2, 0.25) is 0 Å². The Hall–Kier alpha value is -4.70. The van der Waals surface area contributed by atoms with Gasteiger partial charge in [-0.2, -0.15) is 0 Å². The summed E-state index contributed by atoms with van der Waals surface area (Å²) in [7, 11) is 0. The molecule has 3 heterocycles. The molecular formula is C38H33N3O. The highest BCUT2D eigenvalue weighted by Crippen LogP contribution is 2.37. The topological polar surface area (TPSA) is 39.4 Å². The molecule has 6 aromatic rings. The highest BCUT2D eigenvalue weighted by molar-refractivity contribution is 6.10. The van der Waals surface area contributed by atoms with E-state index in [1.165, 1.54) is 53.1 Å². The summed E-state index contributed by atoms with van der Waals surface area (Å²) in [5.41, 5.74) is 10.1. The Balaban J connectivity index is 1.35. The van der Waals surface area contributed by atoms with E-state index in [1.54, 1.807) is 0 Å². The standard InChI is InChI=1S/C38H33N3O/c1-25-17-18-39-34(19-25)28-15-16-33-32-13-7-8-14-36(32)41(37(33)23-28)31-21-29(26-9-3-2-4-10-26)20-30(22-31)38-40-35(24-42-38)27-11-5-6-12-27/h2-4,7-10,13-23,27,35H,5-6,11-12,24H2,1H3/t35-/m0/s1. The molecule has 1 saturated carbocycles. The first-order valence-electron chi connectivity index (χ1n) is 15.1. The van der Waals surface area contributed by atoms with Crippen LogP contribution in [0, 0.1) is 12.8 Å². The molecule has 1 atom stereocenters. The second-order valence-corrected chi connectivity index (χ2v) is 11.8. The molecule has 0 spiro atoms. The average Bonchev–Trinajstić information content (AvgIpc) is 3.80. The first kappa shape index (κ1) is 25.0. The number of rotatable bonds is 5. The van der Waals surface area contributed by atoms with Crippen LogP contribution in [-0.4, -0.2) is 28.1 Å². The van der Waals surface area contributed by atoms with Gasteiger partial charge in [0.05, 0.1) is 22.8 Å². The summed E-state index contributed by atoms with van der Waals surface area (Å²) in [5, 5.41) is 2.46. The van der Waals surface area contributed by atoms with Crippen LogP contribution in [0.4, 0.5) is 0 Å². The van der Waals surface area contributed by atoms with Gasteiger partial charge in [-0.15, -0.1) is 0 Å². The minimum absolute atomic E-state index is 0.268. The fourth-order valence-electron chi connectivity index (χ4n) is 6.89. The third-order valence-electron chi connectivity index (χ3n) is 9.03. The van der Waals surface area contributed by atoms with Crippen molar-refractivity contribution in [1.29, 1.82) is 0 Å². The van der Waals surface area contributed by atoms with Gasteiger partial charge < -0.3 is 9.30 Å². The number of hydrogen-bond donors (Lipinski definition) is 0. The summed E-state index contributed by atoms with van der Waals surface area (Å²) in [6.45, 7) is 2.80. The molecule has 206 valence electrons. The molecule has 0 amide bonds. The zero-order chi connectivity index (χ0) is 28.0. The van der Waals surface area contributed by atoms with E-state index in [2.05, 4.69) is 109 Å². The van der Waals surface area contributed by atoms with E-state index >= 15 is 0 Å². The van der Waals surface area contributed by atoms with E-state index in [0.717, 1.165) is 39.5 Å². The lowest BCUT2D eigenvalue weighted by Crippen LogP contribution is -2.16. The van der Waals surface area contributed by atoms with Crippen LogP contribution in [0.3, 0.4) is 0 Å². The van der Waals surface area contributed by atoms with Crippen LogP contribution in [0.25, 0.3) is 49.9 Å². The van der Waals surface area contributed by atoms with Crippen LogP contribution in [0.5, 0.6) is 0 Å². The molecule has 0 N–H and O–H groups in total. The summed E-state index contributed by atoms with van der Waals surface area (Å²) in [5.74, 6) is 1.42. The van der Waals surface area contributed by atoms with Crippen LogP contribution in [0.1, 0.15) is 36.8 Å². The minimum Gasteiger partial charge on any atom is -0.475 e. The Labute approximate surface area is 246 Å². The monoisotopic (exact) mass is 547 g/mol. The fourth-order valence-corrected chi connectivity index (χ4v) is 6.89. The maximum Gasteiger partial charge on any atom is 0.216 e. The van der Waals surface area contributed by atoms with Crippen molar-refractivity contribution >= 4 is 27.7 Å². The van der Waals surface area contributed by atoms with Crippen LogP contribution in [0.15, 0.2) is 114 Å². The lowest BCUT2D eigenvalue weighted by Gasteiger charge is -2.14. The number of aliphatic imine (C=N–C) groups is 1. The van der Waals surface area contributed by atoms with Crippen LogP contribution < -0.4 is 0 Å². The lowest BCUT2D eigenvalue weighted by atomic mass is 10.00. The summed E-state index contributed by atoms with van der Waals surface area (Å²) in [4.78, 5) is 9.85. The molecule has 2 aromatic heterocycles. The largest absolute Gasteiger partial charge is 0.475 e. The number of benzene rings is 4. The third-order valence-corrected chi connectivity index (χ3v) is 9.03. The summed E-state index contributed by atoms with van der Waals surface area (Å²) >= 11 is 0. The molecule has 1 aliphatic carbocycles. The molecule has 1 fully saturated rings. The molecule has 42 heavy (non-hydrogen) atoms. The molecule has 8 rings (SSSR count). The Morgan fingerprint density at radius 2 is 1.48 bits per heavy atom. The van der Waals surface area contributed by atoms with Gasteiger partial charge in [0, 0.05) is 33.8 Å². The second kappa shape index (κ2) is 10.3. The van der Waals surface area contributed by atoms with Gasteiger partial charge in [0.25, 0.3) is 0 Å². The third kappa shape index (κ3) is 4.39. The molecule has 0 radical (unpaired) electrons. The number of aromatic nitrogens is 2. The van der Waals surface area contributed by atoms with E-state index in [1.807, 2.05) is 12.3 Å². The Morgan fingerprint density at radius 3 is 2.33 bits per heavy atom. The Kier molecular flexibility index (Phi) is 6.14. The lowest BCUT2D eigenvalue weighted by molar-refractivity contribution is 0.279. The average molecular weight is 548 g/mol. The van der Waals surface area contributed by atoms with E-state index < -0.39 is 0 Å². The van der Waals surface area contributed by atoms with Gasteiger partial charge in [-0.05, 0) is 84.8 Å². The summed E-state index contributed by atoms with van der Waals surface area (Å²) in [6, 6.07) is 37.3. The zero-order valence-corrected chi connectivity index (χ0v) is 23.8. The number of para-hydroxylation sites is 1. The molecule has 4 heteroatoms. The van der Waals surface area contributed by atoms with Crippen LogP contribution >= 0.6 is 0 Å². The van der Waals surface area contributed by atoms with Crippen molar-refractivity contribution in [2.24, 2.45) is 10.9 Å². The maximum absolute atomic E-state index is 6.32. The van der Waals surface area contributed by atoms with Gasteiger partial charge in [-0.25, -0.2) is 4.99 Å². The van der Waals surface area contributed by atoms with Crippen molar-refractivity contribution in [2.45, 2.75) is 38.6 Å². The smallest absolute Gasteiger partial charge is 0.216 e. The normalized spacial score (nSPS) is 17.2. The maximum atomic E-state index is 6.32. The molecule has 2 aliphatic rings. The zero-order valence-electron chi connectivity index (χ0n) is 23.8. The summed E-state index contributed by atoms with van der Waals surface area (Å²) < 4.78 is 8.72. The molecule has 1 aliphatic heterocycles. The molecule has 0 saturated heterocycles. The number of pyridine rings is 1. The molecular weight excluding hydrogens is 514 g/mol. The number of aryl methyl sites for hydroxylation is 1. The van der Waals surface area contributed by atoms with Crippen LogP contribution in [-0.2, 0) is 4.74 Å². The molecule has 4 nitrogen and oxygen atoms in total. The van der Waals surface area contributed by atoms with Gasteiger partial charge in [-0.1, -0.05) is 73.5 Å². The number of nitrogens with zero attached hydrogens (tertiary/aromatic N) is 3. The van der Waals surface area contributed by atoms with Crippen molar-refractivity contribution < 1.29 is 4.74 Å². The van der Waals surface area contributed by atoms with Crippen molar-refractivity contribution in [3.63, 3.8) is 0 Å². The highest BCUT2D eigenvalue weighted by atomic mass is 16.5. The van der Waals surface area contributed by atoms with E-state index in [-0.39, 0.29) is 6.04 Å². The predicted molar refractivity (Wildman–Crippen MR) is 172 cm³/mol. The Bertz CT molecular complexity index is 1960. The van der Waals surface area contributed by atoms with Gasteiger partial charge in [-0.3, -0.25) is 4.98 Å². The van der Waals surface area contributed by atoms with E-state index in [4.69, 9.17) is 14.7 Å². The van der Waals surface area contributed by atoms with Gasteiger partial charge in [0.15, 0.2) is 0 Å². The van der Waals surface area contributed by atoms with Crippen molar-refractivity contribution in [3.05, 3.63) is 120 Å². The number of fused-ring (bicyclic) bond motifs is 3. The minimum atomic E-state index is 0.268.